The van der Waals surface area contributed by atoms with Crippen LogP contribution >= 0.6 is 0 Å². The van der Waals surface area contributed by atoms with Gasteiger partial charge in [-0.3, -0.25) is 0 Å². The van der Waals surface area contributed by atoms with Gasteiger partial charge in [-0.2, -0.15) is 0 Å². The molecule has 6 heteroatoms. The number of hydrogen-bond acceptors (Lipinski definition) is 6. The Morgan fingerprint density at radius 2 is 1.89 bits per heavy atom. The molecular formula is C21H26O6. The first kappa shape index (κ1) is 18.4. The minimum Gasteiger partial charge on any atom is -0.458 e. The van der Waals surface area contributed by atoms with Crippen LogP contribution in [0, 0.1) is 11.8 Å². The number of rotatable bonds is 3. The molecule has 2 bridgehead atoms. The van der Waals surface area contributed by atoms with Crippen LogP contribution in [0.3, 0.4) is 0 Å². The molecule has 0 radical (unpaired) electrons. The van der Waals surface area contributed by atoms with E-state index in [-0.39, 0.29) is 24.4 Å². The van der Waals surface area contributed by atoms with Crippen LogP contribution < -0.4 is 0 Å². The fourth-order valence-corrected chi connectivity index (χ4v) is 4.64. The lowest BCUT2D eigenvalue weighted by molar-refractivity contribution is -0.166. The number of fused-ring (bicyclic) bond motifs is 2. The van der Waals surface area contributed by atoms with E-state index >= 15 is 0 Å². The maximum absolute atomic E-state index is 12.2. The van der Waals surface area contributed by atoms with Crippen molar-refractivity contribution in [3.8, 4) is 0 Å². The third kappa shape index (κ3) is 3.60. The second kappa shape index (κ2) is 7.24. The summed E-state index contributed by atoms with van der Waals surface area (Å²) in [6, 6.07) is 0. The van der Waals surface area contributed by atoms with E-state index in [0.29, 0.717) is 17.6 Å². The third-order valence-corrected chi connectivity index (χ3v) is 6.08. The van der Waals surface area contributed by atoms with E-state index in [9.17, 15) is 14.7 Å². The summed E-state index contributed by atoms with van der Waals surface area (Å²) in [7, 11) is 0. The number of carbonyl (C=O) groups is 2. The van der Waals surface area contributed by atoms with Crippen molar-refractivity contribution in [2.45, 2.75) is 70.1 Å². The average molecular weight is 374 g/mol. The molecule has 4 rings (SSSR count). The Morgan fingerprint density at radius 3 is 2.63 bits per heavy atom. The summed E-state index contributed by atoms with van der Waals surface area (Å²) < 4.78 is 17.0. The van der Waals surface area contributed by atoms with Crippen molar-refractivity contribution in [3.05, 3.63) is 35.5 Å². The van der Waals surface area contributed by atoms with Gasteiger partial charge < -0.3 is 19.3 Å². The Labute approximate surface area is 158 Å². The summed E-state index contributed by atoms with van der Waals surface area (Å²) in [6.07, 6.45) is 6.39. The van der Waals surface area contributed by atoms with Crippen molar-refractivity contribution < 1.29 is 28.9 Å². The van der Waals surface area contributed by atoms with Gasteiger partial charge in [-0.25, -0.2) is 9.59 Å². The van der Waals surface area contributed by atoms with Crippen molar-refractivity contribution in [3.63, 3.8) is 0 Å². The maximum Gasteiger partial charge on any atom is 0.334 e. The SMILES string of the molecule is C=C1C(=O)O[C@H]2CC3=C[C@@H](C/C(C)=C/[C@@H](OC(O)C4CCCC4)[C@H]12)OC3=O. The molecule has 0 aromatic rings. The molecule has 1 N–H and O–H groups in total. The monoisotopic (exact) mass is 374 g/mol. The molecule has 1 saturated heterocycles. The van der Waals surface area contributed by atoms with Gasteiger partial charge in [0.15, 0.2) is 6.29 Å². The van der Waals surface area contributed by atoms with Gasteiger partial charge >= 0.3 is 11.9 Å². The summed E-state index contributed by atoms with van der Waals surface area (Å²) in [5, 5.41) is 10.6. The van der Waals surface area contributed by atoms with Gasteiger partial charge in [0.05, 0.1) is 12.0 Å². The first-order chi connectivity index (χ1) is 12.9. The first-order valence-electron chi connectivity index (χ1n) is 9.74. The smallest absolute Gasteiger partial charge is 0.334 e. The summed E-state index contributed by atoms with van der Waals surface area (Å²) in [6.45, 7) is 5.84. The molecule has 5 atom stereocenters. The zero-order chi connectivity index (χ0) is 19.1. The van der Waals surface area contributed by atoms with E-state index in [1.54, 1.807) is 0 Å². The molecular weight excluding hydrogens is 348 g/mol. The second-order valence-corrected chi connectivity index (χ2v) is 8.09. The Kier molecular flexibility index (Phi) is 4.95. The summed E-state index contributed by atoms with van der Waals surface area (Å²) in [4.78, 5) is 24.3. The van der Waals surface area contributed by atoms with Gasteiger partial charge in [0.25, 0.3) is 0 Å². The second-order valence-electron chi connectivity index (χ2n) is 8.09. The highest BCUT2D eigenvalue weighted by molar-refractivity contribution is 5.93. The summed E-state index contributed by atoms with van der Waals surface area (Å²) in [5.41, 5.74) is 1.83. The van der Waals surface area contributed by atoms with Gasteiger partial charge in [-0.15, -0.1) is 0 Å². The van der Waals surface area contributed by atoms with Crippen molar-refractivity contribution in [1.82, 2.24) is 0 Å². The Bertz CT molecular complexity index is 714. The fraction of sp³-hybridized carbons (Fsp3) is 0.619. The van der Waals surface area contributed by atoms with E-state index in [1.165, 1.54) is 0 Å². The maximum atomic E-state index is 12.2. The zero-order valence-corrected chi connectivity index (χ0v) is 15.6. The molecule has 2 heterocycles. The number of hydrogen-bond donors (Lipinski definition) is 1. The summed E-state index contributed by atoms with van der Waals surface area (Å²) in [5.74, 6) is -1.15. The predicted molar refractivity (Wildman–Crippen MR) is 96.3 cm³/mol. The van der Waals surface area contributed by atoms with E-state index in [4.69, 9.17) is 14.2 Å². The van der Waals surface area contributed by atoms with Crippen molar-refractivity contribution >= 4 is 11.9 Å². The van der Waals surface area contributed by atoms with Crippen LogP contribution in [0.25, 0.3) is 0 Å². The first-order valence-corrected chi connectivity index (χ1v) is 9.74. The minimum absolute atomic E-state index is 0.114. The molecule has 146 valence electrons. The van der Waals surface area contributed by atoms with Crippen molar-refractivity contribution in [1.29, 1.82) is 0 Å². The quantitative estimate of drug-likeness (QED) is 0.354. The highest BCUT2D eigenvalue weighted by Gasteiger charge is 2.46. The van der Waals surface area contributed by atoms with Gasteiger partial charge in [-0.05, 0) is 25.8 Å². The molecule has 2 aliphatic carbocycles. The molecule has 6 nitrogen and oxygen atoms in total. The standard InChI is InChI=1S/C21H26O6/c1-11-7-15-9-14(21(24)25-15)10-17-18(12(2)19(22)26-17)16(8-11)27-20(23)13-5-3-4-6-13/h8-9,13,15-18,20,23H,2-7,10H2,1H3/b11-8+/t15-,16-,17+,18+,20?/m1/s1. The van der Waals surface area contributed by atoms with Crippen LogP contribution in [0.2, 0.25) is 0 Å². The largest absolute Gasteiger partial charge is 0.458 e. The summed E-state index contributed by atoms with van der Waals surface area (Å²) >= 11 is 0. The molecule has 0 aromatic heterocycles. The highest BCUT2D eigenvalue weighted by atomic mass is 16.6. The van der Waals surface area contributed by atoms with Gasteiger partial charge in [0.2, 0.25) is 0 Å². The predicted octanol–water partition coefficient (Wildman–Crippen LogP) is 2.57. The van der Waals surface area contributed by atoms with Crippen molar-refractivity contribution in [2.75, 3.05) is 0 Å². The van der Waals surface area contributed by atoms with Crippen LogP contribution in [0.15, 0.2) is 35.5 Å². The molecule has 0 spiro atoms. The van der Waals surface area contributed by atoms with E-state index < -0.39 is 30.4 Å². The number of aliphatic hydroxyl groups excluding tert-OH is 1. The van der Waals surface area contributed by atoms with E-state index in [1.807, 2.05) is 19.1 Å². The molecule has 1 saturated carbocycles. The third-order valence-electron chi connectivity index (χ3n) is 6.08. The zero-order valence-electron chi connectivity index (χ0n) is 15.6. The fourth-order valence-electron chi connectivity index (χ4n) is 4.64. The normalized spacial score (nSPS) is 37.2. The minimum atomic E-state index is -0.887. The molecule has 1 unspecified atom stereocenters. The molecule has 0 aromatic carbocycles. The van der Waals surface area contributed by atoms with E-state index in [2.05, 4.69) is 6.58 Å². The molecule has 2 fully saturated rings. The molecule has 27 heavy (non-hydrogen) atoms. The molecule has 4 aliphatic rings. The topological polar surface area (TPSA) is 82.1 Å². The van der Waals surface area contributed by atoms with E-state index in [0.717, 1.165) is 31.3 Å². The average Bonchev–Trinajstić information content (AvgIpc) is 3.30. The van der Waals surface area contributed by atoms with Crippen LogP contribution in [-0.2, 0) is 23.8 Å². The Morgan fingerprint density at radius 1 is 1.15 bits per heavy atom. The van der Waals surface area contributed by atoms with Crippen molar-refractivity contribution in [2.24, 2.45) is 11.8 Å². The van der Waals surface area contributed by atoms with Crippen LogP contribution in [0.5, 0.6) is 0 Å². The molecule has 0 amide bonds. The number of carbonyl (C=O) groups excluding carboxylic acids is 2. The lowest BCUT2D eigenvalue weighted by atomic mass is 9.85. The van der Waals surface area contributed by atoms with Gasteiger partial charge in [0.1, 0.15) is 12.2 Å². The van der Waals surface area contributed by atoms with Gasteiger partial charge in [0, 0.05) is 29.9 Å². The highest BCUT2D eigenvalue weighted by Crippen LogP contribution is 2.39. The van der Waals surface area contributed by atoms with Gasteiger partial charge in [-0.1, -0.05) is 31.1 Å². The Balaban J connectivity index is 1.64. The number of aliphatic hydroxyl groups is 1. The number of esters is 2. The Hall–Kier alpha value is -1.92. The number of ether oxygens (including phenoxy) is 3. The lowest BCUT2D eigenvalue weighted by Gasteiger charge is -2.30. The van der Waals surface area contributed by atoms with Crippen LogP contribution in [0.1, 0.15) is 45.4 Å². The van der Waals surface area contributed by atoms with Crippen LogP contribution in [-0.4, -0.2) is 41.6 Å². The van der Waals surface area contributed by atoms with Crippen LogP contribution in [0.4, 0.5) is 0 Å². The molecule has 2 aliphatic heterocycles. The lowest BCUT2D eigenvalue weighted by Crippen LogP contribution is -2.36.